The summed E-state index contributed by atoms with van der Waals surface area (Å²) in [7, 11) is 0. The van der Waals surface area contributed by atoms with Crippen LogP contribution in [-0.4, -0.2) is 14.6 Å². The maximum absolute atomic E-state index is 13.0. The van der Waals surface area contributed by atoms with E-state index >= 15 is 0 Å². The molecule has 9 heteroatoms. The van der Waals surface area contributed by atoms with E-state index in [4.69, 9.17) is 5.84 Å². The Morgan fingerprint density at radius 1 is 1.42 bits per heavy atom. The van der Waals surface area contributed by atoms with Crippen LogP contribution in [0.3, 0.4) is 0 Å². The van der Waals surface area contributed by atoms with E-state index in [0.717, 1.165) is 30.0 Å². The zero-order valence-electron chi connectivity index (χ0n) is 9.77. The number of alkyl halides is 3. The molecule has 2 aromatic rings. The largest absolute Gasteiger partial charge is 0.416 e. The second-order valence-electron chi connectivity index (χ2n) is 3.78. The molecular formula is C10H10F3N5S. The molecule has 0 bridgehead atoms. The molecule has 102 valence electrons. The van der Waals surface area contributed by atoms with Crippen LogP contribution < -0.4 is 11.3 Å². The molecule has 0 aliphatic heterocycles. The Labute approximate surface area is 110 Å². The van der Waals surface area contributed by atoms with Crippen LogP contribution in [0.2, 0.25) is 0 Å². The van der Waals surface area contributed by atoms with Crippen molar-refractivity contribution in [2.24, 2.45) is 5.84 Å². The van der Waals surface area contributed by atoms with E-state index in [1.54, 1.807) is 6.92 Å². The van der Waals surface area contributed by atoms with Gasteiger partial charge in [-0.1, -0.05) is 4.49 Å². The van der Waals surface area contributed by atoms with Gasteiger partial charge < -0.3 is 0 Å². The second kappa shape index (κ2) is 5.19. The maximum atomic E-state index is 13.0. The van der Waals surface area contributed by atoms with Crippen molar-refractivity contribution in [2.75, 3.05) is 0 Å². The summed E-state index contributed by atoms with van der Waals surface area (Å²) in [6.45, 7) is 1.66. The van der Waals surface area contributed by atoms with Gasteiger partial charge in [0, 0.05) is 18.0 Å². The van der Waals surface area contributed by atoms with E-state index in [2.05, 4.69) is 20.0 Å². The number of hydrogen-bond acceptors (Lipinski definition) is 6. The fraction of sp³-hybridized carbons (Fsp3) is 0.300. The average Bonchev–Trinajstić information content (AvgIpc) is 2.76. The highest BCUT2D eigenvalue weighted by Gasteiger charge is 2.36. The third kappa shape index (κ3) is 2.72. The van der Waals surface area contributed by atoms with Gasteiger partial charge in [-0.2, -0.15) is 13.2 Å². The van der Waals surface area contributed by atoms with Gasteiger partial charge in [-0.15, -0.1) is 5.10 Å². The minimum Gasteiger partial charge on any atom is -0.271 e. The molecule has 19 heavy (non-hydrogen) atoms. The van der Waals surface area contributed by atoms with Crippen LogP contribution in [0.1, 0.15) is 27.7 Å². The molecule has 1 atom stereocenters. The molecule has 2 aromatic heterocycles. The first kappa shape index (κ1) is 13.8. The summed E-state index contributed by atoms with van der Waals surface area (Å²) >= 11 is 0.998. The monoisotopic (exact) mass is 289 g/mol. The molecule has 0 aromatic carbocycles. The number of rotatable bonds is 3. The average molecular weight is 289 g/mol. The first-order chi connectivity index (χ1) is 8.95. The third-order valence-corrected chi connectivity index (χ3v) is 3.47. The van der Waals surface area contributed by atoms with Crippen LogP contribution in [0.15, 0.2) is 18.5 Å². The molecule has 0 amide bonds. The van der Waals surface area contributed by atoms with E-state index in [1.165, 1.54) is 0 Å². The smallest absolute Gasteiger partial charge is 0.271 e. The Kier molecular flexibility index (Phi) is 3.78. The standard InChI is InChI=1S/C10H10F3N5S/c1-5-9(19-18-17-5)8(16-14)6-4-15-3-2-7(6)10(11,12)13/h2-4,8,16H,14H2,1H3. The Hall–Kier alpha value is -1.58. The van der Waals surface area contributed by atoms with Crippen LogP contribution in [0.25, 0.3) is 0 Å². The lowest BCUT2D eigenvalue weighted by Crippen LogP contribution is -2.30. The highest BCUT2D eigenvalue weighted by molar-refractivity contribution is 7.05. The van der Waals surface area contributed by atoms with Crippen molar-refractivity contribution in [1.29, 1.82) is 0 Å². The molecule has 0 saturated heterocycles. The van der Waals surface area contributed by atoms with Gasteiger partial charge in [0.1, 0.15) is 0 Å². The number of halogens is 3. The molecule has 0 fully saturated rings. The van der Waals surface area contributed by atoms with E-state index < -0.39 is 17.8 Å². The number of nitrogens with zero attached hydrogens (tertiary/aromatic N) is 3. The second-order valence-corrected chi connectivity index (χ2v) is 4.57. The van der Waals surface area contributed by atoms with Crippen molar-refractivity contribution in [3.05, 3.63) is 40.2 Å². The maximum Gasteiger partial charge on any atom is 0.416 e. The molecule has 0 aliphatic rings. The summed E-state index contributed by atoms with van der Waals surface area (Å²) in [5, 5.41) is 3.77. The van der Waals surface area contributed by atoms with Gasteiger partial charge in [-0.25, -0.2) is 5.43 Å². The molecule has 0 saturated carbocycles. The molecule has 0 radical (unpaired) electrons. The SMILES string of the molecule is Cc1nnsc1C(NN)c1cnccc1C(F)(F)F. The number of pyridine rings is 1. The normalized spacial score (nSPS) is 13.5. The minimum absolute atomic E-state index is 0.0494. The van der Waals surface area contributed by atoms with Crippen molar-refractivity contribution in [3.8, 4) is 0 Å². The van der Waals surface area contributed by atoms with E-state index in [-0.39, 0.29) is 5.56 Å². The molecule has 2 rings (SSSR count). The van der Waals surface area contributed by atoms with Crippen molar-refractivity contribution in [2.45, 2.75) is 19.1 Å². The van der Waals surface area contributed by atoms with E-state index in [0.29, 0.717) is 10.6 Å². The molecule has 2 heterocycles. The summed E-state index contributed by atoms with van der Waals surface area (Å²) in [6.07, 6.45) is -2.23. The van der Waals surface area contributed by atoms with Crippen molar-refractivity contribution in [3.63, 3.8) is 0 Å². The Morgan fingerprint density at radius 3 is 2.68 bits per heavy atom. The first-order valence-electron chi connectivity index (χ1n) is 5.21. The lowest BCUT2D eigenvalue weighted by atomic mass is 10.0. The molecular weight excluding hydrogens is 279 g/mol. The summed E-state index contributed by atoms with van der Waals surface area (Å²) in [5.41, 5.74) is 2.07. The molecule has 1 unspecified atom stereocenters. The van der Waals surface area contributed by atoms with Crippen LogP contribution in [0, 0.1) is 6.92 Å². The third-order valence-electron chi connectivity index (χ3n) is 2.58. The lowest BCUT2D eigenvalue weighted by Gasteiger charge is -2.19. The van der Waals surface area contributed by atoms with E-state index in [1.807, 2.05) is 0 Å². The molecule has 0 spiro atoms. The minimum atomic E-state index is -4.47. The Bertz CT molecular complexity index is 568. The summed E-state index contributed by atoms with van der Waals surface area (Å²) in [5.74, 6) is 5.38. The number of hydrogen-bond donors (Lipinski definition) is 2. The van der Waals surface area contributed by atoms with Gasteiger partial charge in [0.2, 0.25) is 0 Å². The summed E-state index contributed by atoms with van der Waals surface area (Å²) < 4.78 is 42.6. The quantitative estimate of drug-likeness (QED) is 0.665. The highest BCUT2D eigenvalue weighted by Crippen LogP contribution is 2.36. The zero-order chi connectivity index (χ0) is 14.0. The van der Waals surface area contributed by atoms with Crippen LogP contribution >= 0.6 is 11.5 Å². The van der Waals surface area contributed by atoms with Gasteiger partial charge in [0.15, 0.2) is 0 Å². The van der Waals surface area contributed by atoms with Gasteiger partial charge in [-0.3, -0.25) is 10.8 Å². The van der Waals surface area contributed by atoms with Gasteiger partial charge in [0.05, 0.1) is 22.2 Å². The van der Waals surface area contributed by atoms with Crippen LogP contribution in [0.4, 0.5) is 13.2 Å². The first-order valence-corrected chi connectivity index (χ1v) is 5.98. The predicted molar refractivity (Wildman–Crippen MR) is 63.1 cm³/mol. The molecule has 0 aliphatic carbocycles. The number of nitrogens with two attached hydrogens (primary N) is 1. The number of hydrazine groups is 1. The predicted octanol–water partition coefficient (Wildman–Crippen LogP) is 1.81. The Morgan fingerprint density at radius 2 is 2.16 bits per heavy atom. The van der Waals surface area contributed by atoms with Crippen molar-refractivity contribution < 1.29 is 13.2 Å². The fourth-order valence-electron chi connectivity index (χ4n) is 1.70. The van der Waals surface area contributed by atoms with E-state index in [9.17, 15) is 13.2 Å². The van der Waals surface area contributed by atoms with Gasteiger partial charge >= 0.3 is 6.18 Å². The Balaban J connectivity index is 2.54. The zero-order valence-corrected chi connectivity index (χ0v) is 10.6. The van der Waals surface area contributed by atoms with Crippen molar-refractivity contribution in [1.82, 2.24) is 20.0 Å². The summed E-state index contributed by atoms with van der Waals surface area (Å²) in [4.78, 5) is 4.26. The fourth-order valence-corrected chi connectivity index (χ4v) is 2.43. The highest BCUT2D eigenvalue weighted by atomic mass is 32.1. The lowest BCUT2D eigenvalue weighted by molar-refractivity contribution is -0.138. The molecule has 3 N–H and O–H groups in total. The number of aryl methyl sites for hydroxylation is 1. The van der Waals surface area contributed by atoms with Crippen LogP contribution in [0.5, 0.6) is 0 Å². The number of aromatic nitrogens is 3. The number of nitrogens with one attached hydrogen (secondary N) is 1. The molecule has 5 nitrogen and oxygen atoms in total. The summed E-state index contributed by atoms with van der Waals surface area (Å²) in [6, 6.07) is 0.0778. The van der Waals surface area contributed by atoms with Gasteiger partial charge in [0.25, 0.3) is 0 Å². The van der Waals surface area contributed by atoms with Crippen LogP contribution in [-0.2, 0) is 6.18 Å². The topological polar surface area (TPSA) is 76.7 Å². The van der Waals surface area contributed by atoms with Gasteiger partial charge in [-0.05, 0) is 24.5 Å². The van der Waals surface area contributed by atoms with Crippen molar-refractivity contribution >= 4 is 11.5 Å².